The van der Waals surface area contributed by atoms with E-state index in [1.807, 2.05) is 39.0 Å². The molecule has 8 heteroatoms. The van der Waals surface area contributed by atoms with Gasteiger partial charge in [-0.25, -0.2) is 4.79 Å². The smallest absolute Gasteiger partial charge is 0.408 e. The first-order valence-corrected chi connectivity index (χ1v) is 10.0. The fraction of sp³-hybridized carbons (Fsp3) is 0.545. The van der Waals surface area contributed by atoms with E-state index in [4.69, 9.17) is 4.74 Å². The molecule has 0 spiro atoms. The highest BCUT2D eigenvalue weighted by Gasteiger charge is 2.32. The fourth-order valence-corrected chi connectivity index (χ4v) is 2.74. The minimum absolute atomic E-state index is 0.145. The molecule has 1 rings (SSSR count). The third-order valence-corrected chi connectivity index (χ3v) is 4.04. The zero-order chi connectivity index (χ0) is 22.9. The van der Waals surface area contributed by atoms with Gasteiger partial charge in [0.1, 0.15) is 24.7 Å². The lowest BCUT2D eigenvalue weighted by molar-refractivity contribution is -0.139. The summed E-state index contributed by atoms with van der Waals surface area (Å²) in [6.07, 6.45) is 0.0901. The molecule has 0 aromatic heterocycles. The van der Waals surface area contributed by atoms with Crippen LogP contribution in [-0.2, 0) is 20.7 Å². The monoisotopic (exact) mass is 416 g/mol. The van der Waals surface area contributed by atoms with E-state index >= 15 is 0 Å². The number of benzene rings is 1. The Morgan fingerprint density at radius 1 is 1.17 bits per heavy atom. The Morgan fingerprint density at radius 3 is 2.23 bits per heavy atom. The second-order valence-electron chi connectivity index (χ2n) is 8.20. The predicted molar refractivity (Wildman–Crippen MR) is 113 cm³/mol. The van der Waals surface area contributed by atoms with Gasteiger partial charge in [-0.2, -0.15) is 5.26 Å². The van der Waals surface area contributed by atoms with Crippen molar-refractivity contribution in [1.82, 2.24) is 15.5 Å². The fourth-order valence-electron chi connectivity index (χ4n) is 2.74. The van der Waals surface area contributed by atoms with E-state index in [-0.39, 0.29) is 12.6 Å². The standard InChI is InChI=1S/C22H32N4O4/c1-7-16-8-10-17(11-9-16)19(20(28)25-15(2)3)26(13-12-23)18(27)14-24-21(29)30-22(4,5)6/h8-11,15,19H,7,13-14H2,1-6H3,(H,24,29)(H,25,28). The van der Waals surface area contributed by atoms with Crippen LogP contribution in [-0.4, -0.2) is 47.5 Å². The van der Waals surface area contributed by atoms with Crippen LogP contribution in [0.5, 0.6) is 0 Å². The summed E-state index contributed by atoms with van der Waals surface area (Å²) >= 11 is 0. The first-order valence-electron chi connectivity index (χ1n) is 10.0. The molecule has 0 aliphatic carbocycles. The number of ether oxygens (including phenoxy) is 1. The van der Waals surface area contributed by atoms with Crippen LogP contribution < -0.4 is 10.6 Å². The van der Waals surface area contributed by atoms with Gasteiger partial charge in [0.05, 0.1) is 6.07 Å². The molecule has 2 N–H and O–H groups in total. The van der Waals surface area contributed by atoms with Gasteiger partial charge in [0.2, 0.25) is 11.8 Å². The van der Waals surface area contributed by atoms with Crippen molar-refractivity contribution in [3.63, 3.8) is 0 Å². The van der Waals surface area contributed by atoms with Crippen LogP contribution in [0.4, 0.5) is 4.79 Å². The Morgan fingerprint density at radius 2 is 1.77 bits per heavy atom. The maximum Gasteiger partial charge on any atom is 0.408 e. The molecule has 1 unspecified atom stereocenters. The molecule has 0 saturated heterocycles. The number of hydrogen-bond donors (Lipinski definition) is 2. The Balaban J connectivity index is 3.13. The number of alkyl carbamates (subject to hydrolysis) is 1. The predicted octanol–water partition coefficient (Wildman–Crippen LogP) is 2.69. The van der Waals surface area contributed by atoms with Gasteiger partial charge < -0.3 is 20.3 Å². The molecule has 8 nitrogen and oxygen atoms in total. The minimum atomic E-state index is -0.995. The maximum absolute atomic E-state index is 12.9. The third kappa shape index (κ3) is 8.11. The van der Waals surface area contributed by atoms with Crippen molar-refractivity contribution in [3.05, 3.63) is 35.4 Å². The van der Waals surface area contributed by atoms with Crippen molar-refractivity contribution < 1.29 is 19.1 Å². The number of amides is 3. The van der Waals surface area contributed by atoms with Crippen molar-refractivity contribution in [2.75, 3.05) is 13.1 Å². The summed E-state index contributed by atoms with van der Waals surface area (Å²) in [5.41, 5.74) is 0.970. The summed E-state index contributed by atoms with van der Waals surface area (Å²) in [5.74, 6) is -0.957. The number of rotatable bonds is 8. The van der Waals surface area contributed by atoms with Crippen molar-refractivity contribution >= 4 is 17.9 Å². The lowest BCUT2D eigenvalue weighted by atomic mass is 10.0. The first kappa shape index (κ1) is 25.0. The molecule has 30 heavy (non-hydrogen) atoms. The summed E-state index contributed by atoms with van der Waals surface area (Å²) in [5, 5.41) is 14.5. The second kappa shape index (κ2) is 11.2. The van der Waals surface area contributed by atoms with Crippen molar-refractivity contribution in [2.45, 2.75) is 65.6 Å². The number of hydrogen-bond acceptors (Lipinski definition) is 5. The van der Waals surface area contributed by atoms with Gasteiger partial charge in [-0.3, -0.25) is 9.59 Å². The largest absolute Gasteiger partial charge is 0.444 e. The van der Waals surface area contributed by atoms with Gasteiger partial charge >= 0.3 is 6.09 Å². The number of nitriles is 1. The first-order chi connectivity index (χ1) is 14.0. The normalized spacial score (nSPS) is 11.9. The van der Waals surface area contributed by atoms with Crippen LogP contribution in [0.15, 0.2) is 24.3 Å². The summed E-state index contributed by atoms with van der Waals surface area (Å²) in [6.45, 7) is 10.1. The molecule has 0 aliphatic heterocycles. The molecule has 0 aliphatic rings. The Labute approximate surface area is 178 Å². The van der Waals surface area contributed by atoms with Gasteiger partial charge in [-0.15, -0.1) is 0 Å². The van der Waals surface area contributed by atoms with Crippen LogP contribution in [0.1, 0.15) is 58.7 Å². The number of carbonyl (C=O) groups is 3. The lowest BCUT2D eigenvalue weighted by Crippen LogP contribution is -2.49. The molecule has 0 fully saturated rings. The average molecular weight is 417 g/mol. The van der Waals surface area contributed by atoms with Crippen LogP contribution >= 0.6 is 0 Å². The zero-order valence-corrected chi connectivity index (χ0v) is 18.6. The number of carbonyl (C=O) groups excluding carboxylic acids is 3. The Kier molecular flexibility index (Phi) is 9.31. The highest BCUT2D eigenvalue weighted by atomic mass is 16.6. The van der Waals surface area contributed by atoms with Crippen LogP contribution in [0.2, 0.25) is 0 Å². The summed E-state index contributed by atoms with van der Waals surface area (Å²) < 4.78 is 5.13. The average Bonchev–Trinajstić information content (AvgIpc) is 2.64. The molecule has 1 aromatic rings. The van der Waals surface area contributed by atoms with Crippen molar-refractivity contribution in [3.8, 4) is 6.07 Å². The van der Waals surface area contributed by atoms with Crippen LogP contribution in [0.3, 0.4) is 0 Å². The van der Waals surface area contributed by atoms with E-state index in [0.717, 1.165) is 16.9 Å². The molecule has 164 valence electrons. The molecular formula is C22H32N4O4. The van der Waals surface area contributed by atoms with E-state index in [2.05, 4.69) is 10.6 Å². The summed E-state index contributed by atoms with van der Waals surface area (Å²) in [7, 11) is 0. The van der Waals surface area contributed by atoms with E-state index in [1.54, 1.807) is 32.9 Å². The van der Waals surface area contributed by atoms with E-state index in [9.17, 15) is 19.6 Å². The van der Waals surface area contributed by atoms with E-state index in [1.165, 1.54) is 0 Å². The van der Waals surface area contributed by atoms with Crippen LogP contribution in [0, 0.1) is 11.3 Å². The number of aryl methyl sites for hydroxylation is 1. The van der Waals surface area contributed by atoms with Crippen LogP contribution in [0.25, 0.3) is 0 Å². The molecule has 0 saturated carbocycles. The van der Waals surface area contributed by atoms with Crippen molar-refractivity contribution in [1.29, 1.82) is 5.26 Å². The van der Waals surface area contributed by atoms with Gasteiger partial charge in [0, 0.05) is 6.04 Å². The molecular weight excluding hydrogens is 384 g/mol. The Bertz CT molecular complexity index is 776. The number of nitrogens with one attached hydrogen (secondary N) is 2. The van der Waals surface area contributed by atoms with Gasteiger partial charge in [-0.1, -0.05) is 31.2 Å². The SMILES string of the molecule is CCc1ccc(C(C(=O)NC(C)C)N(CC#N)C(=O)CNC(=O)OC(C)(C)C)cc1. The third-order valence-electron chi connectivity index (χ3n) is 4.04. The molecule has 3 amide bonds. The summed E-state index contributed by atoms with van der Waals surface area (Å²) in [4.78, 5) is 38.8. The van der Waals surface area contributed by atoms with Gasteiger partial charge in [-0.05, 0) is 52.2 Å². The molecule has 0 heterocycles. The molecule has 1 atom stereocenters. The quantitative estimate of drug-likeness (QED) is 0.633. The second-order valence-corrected chi connectivity index (χ2v) is 8.20. The highest BCUT2D eigenvalue weighted by Crippen LogP contribution is 2.22. The highest BCUT2D eigenvalue weighted by molar-refractivity contribution is 5.90. The topological polar surface area (TPSA) is 112 Å². The van der Waals surface area contributed by atoms with Gasteiger partial charge in [0.15, 0.2) is 0 Å². The number of nitrogens with zero attached hydrogens (tertiary/aromatic N) is 2. The lowest BCUT2D eigenvalue weighted by Gasteiger charge is -2.30. The van der Waals surface area contributed by atoms with Crippen molar-refractivity contribution in [2.24, 2.45) is 0 Å². The molecule has 0 radical (unpaired) electrons. The van der Waals surface area contributed by atoms with E-state index < -0.39 is 36.1 Å². The van der Waals surface area contributed by atoms with E-state index in [0.29, 0.717) is 5.56 Å². The molecule has 0 bridgehead atoms. The zero-order valence-electron chi connectivity index (χ0n) is 18.6. The minimum Gasteiger partial charge on any atom is -0.444 e. The summed E-state index contributed by atoms with van der Waals surface area (Å²) in [6, 6.07) is 8.13. The van der Waals surface area contributed by atoms with Gasteiger partial charge in [0.25, 0.3) is 0 Å². The molecule has 1 aromatic carbocycles. The maximum atomic E-state index is 12.9. The Hall–Kier alpha value is -3.08.